The van der Waals surface area contributed by atoms with Gasteiger partial charge in [-0.05, 0) is 45.7 Å². The Morgan fingerprint density at radius 3 is 2.74 bits per heavy atom. The fourth-order valence-corrected chi connectivity index (χ4v) is 3.36. The maximum absolute atomic E-state index is 12.6. The molecule has 0 saturated heterocycles. The van der Waals surface area contributed by atoms with Crippen molar-refractivity contribution in [2.24, 2.45) is 0 Å². The maximum atomic E-state index is 12.6. The van der Waals surface area contributed by atoms with Crippen LogP contribution in [-0.4, -0.2) is 39.3 Å². The number of amides is 1. The first-order chi connectivity index (χ1) is 10.8. The summed E-state index contributed by atoms with van der Waals surface area (Å²) >= 11 is 0. The summed E-state index contributed by atoms with van der Waals surface area (Å²) in [5.41, 5.74) is 2.72. The zero-order valence-electron chi connectivity index (χ0n) is 14.1. The number of nitrogens with zero attached hydrogens (tertiary/aromatic N) is 1. The summed E-state index contributed by atoms with van der Waals surface area (Å²) in [5, 5.41) is 11.0. The van der Waals surface area contributed by atoms with Gasteiger partial charge in [0.05, 0.1) is 18.7 Å². The van der Waals surface area contributed by atoms with Crippen molar-refractivity contribution in [3.8, 4) is 0 Å². The molecular weight excluding hydrogens is 292 g/mol. The predicted molar refractivity (Wildman–Crippen MR) is 89.4 cm³/mol. The number of nitrogens with one attached hydrogen (secondary N) is 1. The van der Waals surface area contributed by atoms with Crippen molar-refractivity contribution in [2.75, 3.05) is 6.61 Å². The Hall–Kier alpha value is -2.01. The van der Waals surface area contributed by atoms with Crippen molar-refractivity contribution in [1.82, 2.24) is 9.88 Å². The van der Waals surface area contributed by atoms with Gasteiger partial charge < -0.3 is 14.8 Å². The van der Waals surface area contributed by atoms with E-state index in [2.05, 4.69) is 11.1 Å². The quantitative estimate of drug-likeness (QED) is 0.847. The standard InChI is InChI=1S/C18H24N2O3/c1-11-16-14(13-7-5-6-8-15(13)19-16)9-12(10-21)20(11)17(22)23-18(2,3)4/h5-8,11-12,19,21H,9-10H2,1-4H3/t11-,12-/m0/s1. The Morgan fingerprint density at radius 2 is 2.09 bits per heavy atom. The van der Waals surface area contributed by atoms with Gasteiger partial charge in [0, 0.05) is 16.6 Å². The number of aliphatic hydroxyl groups excluding tert-OH is 1. The van der Waals surface area contributed by atoms with Crippen molar-refractivity contribution in [1.29, 1.82) is 0 Å². The van der Waals surface area contributed by atoms with Crippen LogP contribution in [0, 0.1) is 0 Å². The van der Waals surface area contributed by atoms with E-state index < -0.39 is 5.60 Å². The summed E-state index contributed by atoms with van der Waals surface area (Å²) in [4.78, 5) is 17.7. The second-order valence-electron chi connectivity index (χ2n) is 7.17. The third-order valence-corrected chi connectivity index (χ3v) is 4.33. The lowest BCUT2D eigenvalue weighted by molar-refractivity contribution is -0.00496. The van der Waals surface area contributed by atoms with Gasteiger partial charge in [-0.25, -0.2) is 4.79 Å². The van der Waals surface area contributed by atoms with Crippen molar-refractivity contribution < 1.29 is 14.6 Å². The lowest BCUT2D eigenvalue weighted by atomic mass is 9.93. The van der Waals surface area contributed by atoms with Gasteiger partial charge in [-0.15, -0.1) is 0 Å². The van der Waals surface area contributed by atoms with Gasteiger partial charge in [0.1, 0.15) is 5.60 Å². The van der Waals surface area contributed by atoms with Crippen LogP contribution in [0.15, 0.2) is 24.3 Å². The fraction of sp³-hybridized carbons (Fsp3) is 0.500. The molecule has 23 heavy (non-hydrogen) atoms. The number of fused-ring (bicyclic) bond motifs is 3. The molecule has 2 aromatic rings. The third-order valence-electron chi connectivity index (χ3n) is 4.33. The number of aliphatic hydroxyl groups is 1. The van der Waals surface area contributed by atoms with Crippen LogP contribution in [0.3, 0.4) is 0 Å². The van der Waals surface area contributed by atoms with Gasteiger partial charge in [0.15, 0.2) is 0 Å². The summed E-state index contributed by atoms with van der Waals surface area (Å²) in [6.07, 6.45) is 0.243. The zero-order valence-corrected chi connectivity index (χ0v) is 14.1. The minimum atomic E-state index is -0.558. The number of carbonyl (C=O) groups is 1. The number of aromatic nitrogens is 1. The van der Waals surface area contributed by atoms with Gasteiger partial charge in [-0.2, -0.15) is 0 Å². The third kappa shape index (κ3) is 2.81. The molecule has 2 heterocycles. The van der Waals surface area contributed by atoms with Crippen LogP contribution in [0.1, 0.15) is 45.0 Å². The first-order valence-electron chi connectivity index (χ1n) is 8.03. The molecule has 0 aliphatic carbocycles. The molecule has 1 aromatic carbocycles. The molecule has 1 aliphatic rings. The fourth-order valence-electron chi connectivity index (χ4n) is 3.36. The van der Waals surface area contributed by atoms with Crippen molar-refractivity contribution >= 4 is 17.0 Å². The number of rotatable bonds is 1. The smallest absolute Gasteiger partial charge is 0.411 e. The Labute approximate surface area is 136 Å². The predicted octanol–water partition coefficient (Wildman–Crippen LogP) is 3.38. The number of aromatic amines is 1. The molecule has 2 N–H and O–H groups in total. The molecular formula is C18H24N2O3. The minimum Gasteiger partial charge on any atom is -0.444 e. The van der Waals surface area contributed by atoms with Crippen LogP contribution in [-0.2, 0) is 11.2 Å². The second kappa shape index (κ2) is 5.57. The molecule has 5 heteroatoms. The molecule has 0 saturated carbocycles. The molecule has 1 aliphatic heterocycles. The highest BCUT2D eigenvalue weighted by molar-refractivity contribution is 5.85. The van der Waals surface area contributed by atoms with E-state index in [1.54, 1.807) is 4.90 Å². The van der Waals surface area contributed by atoms with Crippen LogP contribution in [0.2, 0.25) is 0 Å². The molecule has 0 spiro atoms. The lowest BCUT2D eigenvalue weighted by Crippen LogP contribution is -2.50. The molecule has 2 atom stereocenters. The molecule has 5 nitrogen and oxygen atoms in total. The topological polar surface area (TPSA) is 65.6 Å². The SMILES string of the molecule is C[C@H]1c2[nH]c3ccccc3c2C[C@@H](CO)N1C(=O)OC(C)(C)C. The molecule has 124 valence electrons. The van der Waals surface area contributed by atoms with E-state index in [0.29, 0.717) is 6.42 Å². The average molecular weight is 316 g/mol. The number of para-hydroxylation sites is 1. The van der Waals surface area contributed by atoms with Gasteiger partial charge in [0.25, 0.3) is 0 Å². The maximum Gasteiger partial charge on any atom is 0.411 e. The number of ether oxygens (including phenoxy) is 1. The monoisotopic (exact) mass is 316 g/mol. The van der Waals surface area contributed by atoms with Crippen molar-refractivity contribution in [3.05, 3.63) is 35.5 Å². The van der Waals surface area contributed by atoms with E-state index in [0.717, 1.165) is 16.6 Å². The molecule has 0 unspecified atom stereocenters. The van der Waals surface area contributed by atoms with Gasteiger partial charge in [-0.3, -0.25) is 4.90 Å². The molecule has 3 rings (SSSR count). The van der Waals surface area contributed by atoms with Crippen molar-refractivity contribution in [3.63, 3.8) is 0 Å². The Balaban J connectivity index is 2.01. The molecule has 0 fully saturated rings. The minimum absolute atomic E-state index is 0.0808. The second-order valence-corrected chi connectivity index (χ2v) is 7.17. The summed E-state index contributed by atoms with van der Waals surface area (Å²) in [5.74, 6) is 0. The van der Waals surface area contributed by atoms with E-state index in [1.165, 1.54) is 5.56 Å². The summed E-state index contributed by atoms with van der Waals surface area (Å²) < 4.78 is 5.53. The molecule has 0 bridgehead atoms. The Kier molecular flexibility index (Phi) is 3.84. The van der Waals surface area contributed by atoms with Crippen LogP contribution in [0.5, 0.6) is 0 Å². The number of hydrogen-bond donors (Lipinski definition) is 2. The van der Waals surface area contributed by atoms with E-state index in [9.17, 15) is 9.90 Å². The molecule has 0 radical (unpaired) electrons. The summed E-state index contributed by atoms with van der Waals surface area (Å²) in [7, 11) is 0. The summed E-state index contributed by atoms with van der Waals surface area (Å²) in [6.45, 7) is 7.44. The number of carbonyl (C=O) groups excluding carboxylic acids is 1. The largest absolute Gasteiger partial charge is 0.444 e. The lowest BCUT2D eigenvalue weighted by Gasteiger charge is -2.40. The van der Waals surface area contributed by atoms with Crippen LogP contribution in [0.25, 0.3) is 10.9 Å². The number of benzene rings is 1. The van der Waals surface area contributed by atoms with E-state index in [1.807, 2.05) is 45.9 Å². The number of H-pyrrole nitrogens is 1. The van der Waals surface area contributed by atoms with E-state index in [4.69, 9.17) is 4.74 Å². The Bertz CT molecular complexity index is 729. The highest BCUT2D eigenvalue weighted by Gasteiger charge is 2.38. The van der Waals surface area contributed by atoms with Crippen LogP contribution >= 0.6 is 0 Å². The first kappa shape index (κ1) is 15.9. The molecule has 1 aromatic heterocycles. The van der Waals surface area contributed by atoms with Crippen molar-refractivity contribution in [2.45, 2.75) is 51.8 Å². The molecule has 1 amide bonds. The average Bonchev–Trinajstić information content (AvgIpc) is 2.84. The zero-order chi connectivity index (χ0) is 16.8. The van der Waals surface area contributed by atoms with E-state index >= 15 is 0 Å². The van der Waals surface area contributed by atoms with E-state index in [-0.39, 0.29) is 24.8 Å². The van der Waals surface area contributed by atoms with Gasteiger partial charge in [-0.1, -0.05) is 18.2 Å². The van der Waals surface area contributed by atoms with Gasteiger partial charge in [0.2, 0.25) is 0 Å². The number of hydrogen-bond acceptors (Lipinski definition) is 3. The van der Waals surface area contributed by atoms with Crippen LogP contribution in [0.4, 0.5) is 4.79 Å². The normalized spacial score (nSPS) is 21.3. The highest BCUT2D eigenvalue weighted by Crippen LogP contribution is 2.37. The Morgan fingerprint density at radius 1 is 1.39 bits per heavy atom. The highest BCUT2D eigenvalue weighted by atomic mass is 16.6. The first-order valence-corrected chi connectivity index (χ1v) is 8.03. The van der Waals surface area contributed by atoms with Gasteiger partial charge >= 0.3 is 6.09 Å². The van der Waals surface area contributed by atoms with Crippen LogP contribution < -0.4 is 0 Å². The summed E-state index contributed by atoms with van der Waals surface area (Å²) in [6, 6.07) is 7.67.